The highest BCUT2D eigenvalue weighted by Gasteiger charge is 2.06. The van der Waals surface area contributed by atoms with Crippen LogP contribution in [0.1, 0.15) is 6.92 Å². The van der Waals surface area contributed by atoms with E-state index in [1.54, 1.807) is 7.05 Å². The van der Waals surface area contributed by atoms with Crippen LogP contribution in [0.15, 0.2) is 27.4 Å². The molecule has 5 nitrogen and oxygen atoms in total. The smallest absolute Gasteiger partial charge is 0.408 e. The Labute approximate surface area is 99.2 Å². The molecule has 0 aliphatic carbocycles. The number of hydrogen-bond donors (Lipinski definition) is 2. The molecular weight excluding hydrogens is 218 g/mol. The summed E-state index contributed by atoms with van der Waals surface area (Å²) in [7, 11) is 1.69. The van der Waals surface area contributed by atoms with E-state index in [0.29, 0.717) is 18.0 Å². The summed E-state index contributed by atoms with van der Waals surface area (Å²) in [4.78, 5) is 11.3. The zero-order valence-electron chi connectivity index (χ0n) is 10.1. The molecule has 5 heteroatoms. The number of nitrogens with zero attached hydrogens (tertiary/aromatic N) is 1. The van der Waals surface area contributed by atoms with Crippen LogP contribution in [0.2, 0.25) is 0 Å². The second kappa shape index (κ2) is 4.63. The van der Waals surface area contributed by atoms with Crippen molar-refractivity contribution in [2.24, 2.45) is 18.7 Å². The fraction of sp³-hybridized carbons (Fsp3) is 0.417. The van der Waals surface area contributed by atoms with Crippen molar-refractivity contribution in [3.63, 3.8) is 0 Å². The summed E-state index contributed by atoms with van der Waals surface area (Å²) >= 11 is 0. The van der Waals surface area contributed by atoms with Gasteiger partial charge in [-0.3, -0.25) is 4.57 Å². The zero-order chi connectivity index (χ0) is 12.4. The number of aryl methyl sites for hydroxylation is 1. The first kappa shape index (κ1) is 11.7. The Morgan fingerprint density at radius 2 is 2.29 bits per heavy atom. The van der Waals surface area contributed by atoms with Crippen LogP contribution in [0, 0.1) is 5.92 Å². The lowest BCUT2D eigenvalue weighted by molar-refractivity contribution is 0.528. The zero-order valence-corrected chi connectivity index (χ0v) is 10.1. The molecular formula is C12H17N3O2. The maximum Gasteiger partial charge on any atom is 0.419 e. The predicted octanol–water partition coefficient (Wildman–Crippen LogP) is 1.14. The topological polar surface area (TPSA) is 73.2 Å². The Hall–Kier alpha value is -1.75. The number of nitrogens with one attached hydrogen (secondary N) is 1. The number of hydrogen-bond acceptors (Lipinski definition) is 4. The highest BCUT2D eigenvalue weighted by molar-refractivity contribution is 5.77. The molecule has 3 N–H and O–H groups in total. The summed E-state index contributed by atoms with van der Waals surface area (Å²) in [5.41, 5.74) is 7.88. The first-order valence-electron chi connectivity index (χ1n) is 5.65. The number of oxazole rings is 1. The molecule has 92 valence electrons. The molecule has 0 amide bonds. The lowest BCUT2D eigenvalue weighted by Crippen LogP contribution is -2.19. The normalized spacial score (nSPS) is 12.9. The van der Waals surface area contributed by atoms with E-state index >= 15 is 0 Å². The number of aromatic nitrogens is 1. The molecule has 0 bridgehead atoms. The molecule has 2 rings (SSSR count). The van der Waals surface area contributed by atoms with E-state index in [2.05, 4.69) is 12.2 Å². The molecule has 1 aromatic heterocycles. The molecule has 1 unspecified atom stereocenters. The fourth-order valence-electron chi connectivity index (χ4n) is 1.62. The average Bonchev–Trinajstić information content (AvgIpc) is 2.62. The van der Waals surface area contributed by atoms with Gasteiger partial charge in [-0.15, -0.1) is 0 Å². The summed E-state index contributed by atoms with van der Waals surface area (Å²) in [6, 6.07) is 5.64. The van der Waals surface area contributed by atoms with Crippen LogP contribution in [0.3, 0.4) is 0 Å². The van der Waals surface area contributed by atoms with Gasteiger partial charge in [0.25, 0.3) is 0 Å². The molecule has 17 heavy (non-hydrogen) atoms. The third kappa shape index (κ3) is 2.34. The third-order valence-electron chi connectivity index (χ3n) is 2.85. The highest BCUT2D eigenvalue weighted by atomic mass is 16.4. The summed E-state index contributed by atoms with van der Waals surface area (Å²) < 4.78 is 6.60. The average molecular weight is 235 g/mol. The van der Waals surface area contributed by atoms with Crippen molar-refractivity contribution >= 4 is 16.8 Å². The van der Waals surface area contributed by atoms with Gasteiger partial charge in [-0.1, -0.05) is 6.92 Å². The van der Waals surface area contributed by atoms with Crippen molar-refractivity contribution in [1.82, 2.24) is 4.57 Å². The SMILES string of the molecule is CC(CN)CNc1ccc2c(c1)oc(=O)n2C. The first-order chi connectivity index (χ1) is 8.11. The van der Waals surface area contributed by atoms with E-state index in [-0.39, 0.29) is 5.76 Å². The van der Waals surface area contributed by atoms with Crippen LogP contribution in [0.5, 0.6) is 0 Å². The minimum atomic E-state index is -0.340. The summed E-state index contributed by atoms with van der Waals surface area (Å²) in [6.07, 6.45) is 0. The van der Waals surface area contributed by atoms with Crippen molar-refractivity contribution in [2.75, 3.05) is 18.4 Å². The second-order valence-corrected chi connectivity index (χ2v) is 4.33. The number of nitrogens with two attached hydrogens (primary N) is 1. The number of fused-ring (bicyclic) bond motifs is 1. The van der Waals surface area contributed by atoms with E-state index in [1.807, 2.05) is 18.2 Å². The largest absolute Gasteiger partial charge is 0.419 e. The fourth-order valence-corrected chi connectivity index (χ4v) is 1.62. The van der Waals surface area contributed by atoms with Crippen LogP contribution >= 0.6 is 0 Å². The highest BCUT2D eigenvalue weighted by Crippen LogP contribution is 2.17. The lowest BCUT2D eigenvalue weighted by Gasteiger charge is -2.10. The molecule has 0 spiro atoms. The van der Waals surface area contributed by atoms with Gasteiger partial charge in [-0.2, -0.15) is 0 Å². The molecule has 0 saturated carbocycles. The number of rotatable bonds is 4. The van der Waals surface area contributed by atoms with Crippen molar-refractivity contribution < 1.29 is 4.42 Å². The second-order valence-electron chi connectivity index (χ2n) is 4.33. The molecule has 0 saturated heterocycles. The Balaban J connectivity index is 2.23. The van der Waals surface area contributed by atoms with Crippen LogP contribution in [0.4, 0.5) is 5.69 Å². The van der Waals surface area contributed by atoms with E-state index in [0.717, 1.165) is 17.7 Å². The summed E-state index contributed by atoms with van der Waals surface area (Å²) in [5.74, 6) is 0.0703. The standard InChI is InChI=1S/C12H17N3O2/c1-8(6-13)7-14-9-3-4-10-11(5-9)17-12(16)15(10)2/h3-5,8,14H,6-7,13H2,1-2H3. The number of benzene rings is 1. The lowest BCUT2D eigenvalue weighted by atomic mass is 10.2. The van der Waals surface area contributed by atoms with Crippen LogP contribution < -0.4 is 16.8 Å². The molecule has 0 fully saturated rings. The van der Waals surface area contributed by atoms with Gasteiger partial charge in [-0.05, 0) is 24.6 Å². The van der Waals surface area contributed by atoms with E-state index in [1.165, 1.54) is 4.57 Å². The van der Waals surface area contributed by atoms with E-state index in [4.69, 9.17) is 10.2 Å². The first-order valence-corrected chi connectivity index (χ1v) is 5.65. The molecule has 2 aromatic rings. The van der Waals surface area contributed by atoms with Gasteiger partial charge in [0, 0.05) is 25.3 Å². The van der Waals surface area contributed by atoms with Crippen molar-refractivity contribution in [2.45, 2.75) is 6.92 Å². The quantitative estimate of drug-likeness (QED) is 0.833. The van der Waals surface area contributed by atoms with Gasteiger partial charge in [0.1, 0.15) is 0 Å². The van der Waals surface area contributed by atoms with Gasteiger partial charge in [0.05, 0.1) is 5.52 Å². The maximum atomic E-state index is 11.3. The minimum absolute atomic E-state index is 0.340. The molecule has 0 radical (unpaired) electrons. The van der Waals surface area contributed by atoms with Gasteiger partial charge < -0.3 is 15.5 Å². The van der Waals surface area contributed by atoms with Crippen molar-refractivity contribution in [1.29, 1.82) is 0 Å². The van der Waals surface area contributed by atoms with Gasteiger partial charge in [-0.25, -0.2) is 4.79 Å². The van der Waals surface area contributed by atoms with Gasteiger partial charge in [0.15, 0.2) is 5.58 Å². The molecule has 1 aromatic carbocycles. The maximum absolute atomic E-state index is 11.3. The third-order valence-corrected chi connectivity index (χ3v) is 2.85. The molecule has 0 aliphatic heterocycles. The van der Waals surface area contributed by atoms with Gasteiger partial charge in [0.2, 0.25) is 0 Å². The summed E-state index contributed by atoms with van der Waals surface area (Å²) in [6.45, 7) is 3.53. The Bertz CT molecular complexity index is 571. The van der Waals surface area contributed by atoms with E-state index < -0.39 is 0 Å². The molecule has 1 heterocycles. The van der Waals surface area contributed by atoms with Crippen molar-refractivity contribution in [3.8, 4) is 0 Å². The molecule has 1 atom stereocenters. The summed E-state index contributed by atoms with van der Waals surface area (Å²) in [5, 5.41) is 3.26. The van der Waals surface area contributed by atoms with Crippen LogP contribution in [0.25, 0.3) is 11.1 Å². The van der Waals surface area contributed by atoms with Crippen LogP contribution in [-0.4, -0.2) is 17.7 Å². The minimum Gasteiger partial charge on any atom is -0.408 e. The monoisotopic (exact) mass is 235 g/mol. The predicted molar refractivity (Wildman–Crippen MR) is 68.2 cm³/mol. The Morgan fingerprint density at radius 3 is 3.00 bits per heavy atom. The Kier molecular flexibility index (Phi) is 3.19. The number of anilines is 1. The van der Waals surface area contributed by atoms with E-state index in [9.17, 15) is 4.79 Å². The Morgan fingerprint density at radius 1 is 1.53 bits per heavy atom. The molecule has 0 aliphatic rings. The van der Waals surface area contributed by atoms with Gasteiger partial charge >= 0.3 is 5.76 Å². The van der Waals surface area contributed by atoms with Crippen LogP contribution in [-0.2, 0) is 7.05 Å². The van der Waals surface area contributed by atoms with Crippen molar-refractivity contribution in [3.05, 3.63) is 28.7 Å².